The summed E-state index contributed by atoms with van der Waals surface area (Å²) >= 11 is -0.809. The first-order valence-corrected chi connectivity index (χ1v) is 12.1. The van der Waals surface area contributed by atoms with E-state index in [2.05, 4.69) is 39.5 Å². The van der Waals surface area contributed by atoms with E-state index < -0.39 is 16.2 Å². The summed E-state index contributed by atoms with van der Waals surface area (Å²) in [5.41, 5.74) is 0. The van der Waals surface area contributed by atoms with Gasteiger partial charge in [-0.05, 0) is 0 Å². The van der Waals surface area contributed by atoms with Crippen molar-refractivity contribution in [1.29, 1.82) is 0 Å². The molecule has 0 aliphatic rings. The van der Waals surface area contributed by atoms with Crippen LogP contribution in [0.15, 0.2) is 0 Å². The van der Waals surface area contributed by atoms with Crippen molar-refractivity contribution in [2.24, 2.45) is 0 Å². The molecule has 0 bridgehead atoms. The van der Waals surface area contributed by atoms with E-state index in [4.69, 9.17) is 0 Å². The number of nitrogens with zero attached hydrogens (tertiary/aromatic N) is 1. The van der Waals surface area contributed by atoms with Crippen LogP contribution in [0.3, 0.4) is 0 Å². The molecule has 0 aromatic rings. The van der Waals surface area contributed by atoms with Crippen LogP contribution in [0.2, 0.25) is 14.9 Å². The van der Waals surface area contributed by atoms with Crippen LogP contribution in [0.1, 0.15) is 47.5 Å². The van der Waals surface area contributed by atoms with E-state index in [1.165, 1.54) is 35.9 Å². The molecule has 0 aromatic heterocycles. The molecule has 0 spiro atoms. The Morgan fingerprint density at radius 2 is 1.47 bits per heavy atom. The Morgan fingerprint density at radius 1 is 0.933 bits per heavy atom. The number of hydrogen-bond acceptors (Lipinski definition) is 1. The standard InChI is InChI=1S/C9H20N.2C2H5.Ga/c1-5-9(6-2)10(7-3)8-4;2*1-2;/h9H,1,5-8H2,2-4H3;2*1H2,2H3;. The summed E-state index contributed by atoms with van der Waals surface area (Å²) in [6, 6.07) is 0.867. The van der Waals surface area contributed by atoms with Crippen molar-refractivity contribution < 1.29 is 0 Å². The normalized spacial score (nSPS) is 13.2. The second-order valence-corrected chi connectivity index (χ2v) is 12.8. The molecule has 0 heterocycles. The Kier molecular flexibility index (Phi) is 10.2. The quantitative estimate of drug-likeness (QED) is 0.572. The summed E-state index contributed by atoms with van der Waals surface area (Å²) in [6.07, 6.45) is 2.81. The van der Waals surface area contributed by atoms with Crippen LogP contribution in [-0.4, -0.2) is 40.2 Å². The van der Waals surface area contributed by atoms with Gasteiger partial charge < -0.3 is 0 Å². The molecule has 0 saturated carbocycles. The molecular weight excluding hydrogens is 240 g/mol. The second-order valence-electron chi connectivity index (χ2n) is 4.54. The molecular formula is C13H30GaN. The van der Waals surface area contributed by atoms with Gasteiger partial charge in [0.05, 0.1) is 0 Å². The molecule has 15 heavy (non-hydrogen) atoms. The summed E-state index contributed by atoms with van der Waals surface area (Å²) in [7, 11) is 0. The van der Waals surface area contributed by atoms with Gasteiger partial charge in [-0.25, -0.2) is 0 Å². The molecule has 2 heteroatoms. The maximum atomic E-state index is 2.64. The molecule has 0 fully saturated rings. The van der Waals surface area contributed by atoms with Gasteiger partial charge in [0.15, 0.2) is 0 Å². The molecule has 1 atom stereocenters. The summed E-state index contributed by atoms with van der Waals surface area (Å²) in [5, 5.41) is 0. The monoisotopic (exact) mass is 269 g/mol. The van der Waals surface area contributed by atoms with Crippen molar-refractivity contribution >= 4 is 16.2 Å². The van der Waals surface area contributed by atoms with Crippen molar-refractivity contribution in [1.82, 2.24) is 4.90 Å². The summed E-state index contributed by atoms with van der Waals surface area (Å²) < 4.78 is 0. The Labute approximate surface area is 103 Å². The predicted octanol–water partition coefficient (Wildman–Crippen LogP) is 4.03. The third-order valence-electron chi connectivity index (χ3n) is 3.86. The van der Waals surface area contributed by atoms with Gasteiger partial charge in [0, 0.05) is 0 Å². The van der Waals surface area contributed by atoms with Gasteiger partial charge in [-0.2, -0.15) is 0 Å². The molecule has 1 nitrogen and oxygen atoms in total. The van der Waals surface area contributed by atoms with Gasteiger partial charge in [-0.15, -0.1) is 0 Å². The van der Waals surface area contributed by atoms with E-state index in [0.717, 1.165) is 6.04 Å². The second kappa shape index (κ2) is 9.80. The van der Waals surface area contributed by atoms with Gasteiger partial charge >= 0.3 is 103 Å². The molecule has 1 unspecified atom stereocenters. The minimum absolute atomic E-state index is 0.809. The van der Waals surface area contributed by atoms with Crippen molar-refractivity contribution in [2.75, 3.05) is 13.1 Å². The Morgan fingerprint density at radius 3 is 1.80 bits per heavy atom. The van der Waals surface area contributed by atoms with E-state index in [0.29, 0.717) is 0 Å². The van der Waals surface area contributed by atoms with Crippen LogP contribution < -0.4 is 0 Å². The van der Waals surface area contributed by atoms with Gasteiger partial charge in [0.25, 0.3) is 0 Å². The molecule has 90 valence electrons. The van der Waals surface area contributed by atoms with Crippen LogP contribution >= 0.6 is 0 Å². The molecule has 0 saturated heterocycles. The molecule has 0 radical (unpaired) electrons. The molecule has 0 aromatic carbocycles. The topological polar surface area (TPSA) is 3.24 Å². The van der Waals surface area contributed by atoms with Crippen LogP contribution in [0.25, 0.3) is 0 Å². The van der Waals surface area contributed by atoms with Gasteiger partial charge in [0.2, 0.25) is 0 Å². The summed E-state index contributed by atoms with van der Waals surface area (Å²) in [6.45, 7) is 14.2. The van der Waals surface area contributed by atoms with E-state index in [1.807, 2.05) is 0 Å². The predicted molar refractivity (Wildman–Crippen MR) is 73.1 cm³/mol. The Balaban J connectivity index is 3.97. The number of hydrogen-bond donors (Lipinski definition) is 0. The van der Waals surface area contributed by atoms with E-state index in [1.54, 1.807) is 4.98 Å². The van der Waals surface area contributed by atoms with Crippen molar-refractivity contribution in [3.8, 4) is 0 Å². The van der Waals surface area contributed by atoms with Crippen LogP contribution in [0.4, 0.5) is 0 Å². The SMILES string of the molecule is CCC(C[CH2][Ga]([CH2]C)[CH2]C)N(CC)CC. The fourth-order valence-corrected chi connectivity index (χ4v) is 7.23. The van der Waals surface area contributed by atoms with Crippen molar-refractivity contribution in [3.63, 3.8) is 0 Å². The van der Waals surface area contributed by atoms with Gasteiger partial charge in [-0.1, -0.05) is 0 Å². The molecule has 0 rings (SSSR count). The Hall–Kier alpha value is 0.596. The zero-order valence-electron chi connectivity index (χ0n) is 11.6. The average Bonchev–Trinajstić information content (AvgIpc) is 2.29. The van der Waals surface area contributed by atoms with E-state index >= 15 is 0 Å². The molecule has 0 N–H and O–H groups in total. The molecule has 0 amide bonds. The fraction of sp³-hybridized carbons (Fsp3) is 1.00. The summed E-state index contributed by atoms with van der Waals surface area (Å²) in [5.74, 6) is 0. The zero-order chi connectivity index (χ0) is 11.7. The Bertz CT molecular complexity index is 130. The maximum absolute atomic E-state index is 2.64. The first kappa shape index (κ1) is 15.6. The third kappa shape index (κ3) is 6.03. The van der Waals surface area contributed by atoms with E-state index in [-0.39, 0.29) is 0 Å². The van der Waals surface area contributed by atoms with Gasteiger partial charge in [-0.3, -0.25) is 0 Å². The van der Waals surface area contributed by atoms with Crippen molar-refractivity contribution in [3.05, 3.63) is 0 Å². The minimum atomic E-state index is -0.809. The van der Waals surface area contributed by atoms with Crippen LogP contribution in [-0.2, 0) is 0 Å². The van der Waals surface area contributed by atoms with Crippen LogP contribution in [0, 0.1) is 0 Å². The first-order chi connectivity index (χ1) is 7.23. The van der Waals surface area contributed by atoms with Gasteiger partial charge in [0.1, 0.15) is 0 Å². The summed E-state index contributed by atoms with van der Waals surface area (Å²) in [4.78, 5) is 7.33. The van der Waals surface area contributed by atoms with E-state index in [9.17, 15) is 0 Å². The van der Waals surface area contributed by atoms with Crippen molar-refractivity contribution in [2.45, 2.75) is 68.4 Å². The average molecular weight is 270 g/mol. The zero-order valence-corrected chi connectivity index (χ0v) is 14.0. The third-order valence-corrected chi connectivity index (χ3v) is 11.1. The molecule has 0 aliphatic heterocycles. The molecule has 0 aliphatic carbocycles. The number of rotatable bonds is 9. The fourth-order valence-electron chi connectivity index (χ4n) is 2.51. The van der Waals surface area contributed by atoms with Crippen LogP contribution in [0.5, 0.6) is 0 Å². The first-order valence-electron chi connectivity index (χ1n) is 6.97.